The van der Waals surface area contributed by atoms with Crippen LogP contribution in [0.25, 0.3) is 0 Å². The highest BCUT2D eigenvalue weighted by molar-refractivity contribution is 6.32. The van der Waals surface area contributed by atoms with Gasteiger partial charge in [0.1, 0.15) is 0 Å². The van der Waals surface area contributed by atoms with E-state index in [1.54, 1.807) is 17.0 Å². The number of amides is 1. The SMILES string of the molecule is COc1cc(C(=O)N2CCC(C#N)CC2)cc(Cl)c1OCC(C)C. The Morgan fingerprint density at radius 3 is 2.62 bits per heavy atom. The Balaban J connectivity index is 2.17. The molecule has 0 bridgehead atoms. The van der Waals surface area contributed by atoms with E-state index in [-0.39, 0.29) is 11.8 Å². The summed E-state index contributed by atoms with van der Waals surface area (Å²) in [5.74, 6) is 1.22. The fraction of sp³-hybridized carbons (Fsp3) is 0.556. The molecular formula is C18H23ClN2O3. The van der Waals surface area contributed by atoms with Crippen LogP contribution in [-0.4, -0.2) is 37.6 Å². The maximum atomic E-state index is 12.7. The first-order valence-corrected chi connectivity index (χ1v) is 8.53. The zero-order valence-electron chi connectivity index (χ0n) is 14.3. The van der Waals surface area contributed by atoms with E-state index >= 15 is 0 Å². The van der Waals surface area contributed by atoms with Gasteiger partial charge in [0.15, 0.2) is 11.5 Å². The predicted molar refractivity (Wildman–Crippen MR) is 92.6 cm³/mol. The van der Waals surface area contributed by atoms with Crippen molar-refractivity contribution >= 4 is 17.5 Å². The van der Waals surface area contributed by atoms with Crippen molar-refractivity contribution in [3.05, 3.63) is 22.7 Å². The van der Waals surface area contributed by atoms with Gasteiger partial charge in [-0.2, -0.15) is 5.26 Å². The van der Waals surface area contributed by atoms with Gasteiger partial charge >= 0.3 is 0 Å². The van der Waals surface area contributed by atoms with Crippen LogP contribution in [0.1, 0.15) is 37.0 Å². The maximum Gasteiger partial charge on any atom is 0.254 e. The fourth-order valence-corrected chi connectivity index (χ4v) is 2.89. The molecule has 1 heterocycles. The lowest BCUT2D eigenvalue weighted by Crippen LogP contribution is -2.38. The van der Waals surface area contributed by atoms with Crippen molar-refractivity contribution in [2.45, 2.75) is 26.7 Å². The van der Waals surface area contributed by atoms with Crippen molar-refractivity contribution in [1.82, 2.24) is 4.90 Å². The molecule has 1 amide bonds. The third-order valence-corrected chi connectivity index (χ3v) is 4.28. The number of benzene rings is 1. The van der Waals surface area contributed by atoms with E-state index in [9.17, 15) is 4.79 Å². The normalized spacial score (nSPS) is 15.2. The summed E-state index contributed by atoms with van der Waals surface area (Å²) in [6, 6.07) is 5.56. The van der Waals surface area contributed by atoms with Crippen molar-refractivity contribution < 1.29 is 14.3 Å². The summed E-state index contributed by atoms with van der Waals surface area (Å²) >= 11 is 6.31. The fourth-order valence-electron chi connectivity index (χ4n) is 2.63. The van der Waals surface area contributed by atoms with E-state index in [2.05, 4.69) is 6.07 Å². The van der Waals surface area contributed by atoms with Crippen LogP contribution in [0, 0.1) is 23.2 Å². The Morgan fingerprint density at radius 1 is 1.42 bits per heavy atom. The topological polar surface area (TPSA) is 62.6 Å². The van der Waals surface area contributed by atoms with Crippen LogP contribution in [0.2, 0.25) is 5.02 Å². The summed E-state index contributed by atoms with van der Waals surface area (Å²) < 4.78 is 11.1. The van der Waals surface area contributed by atoms with Crippen LogP contribution >= 0.6 is 11.6 Å². The molecule has 0 aliphatic carbocycles. The number of rotatable bonds is 5. The van der Waals surface area contributed by atoms with Crippen LogP contribution in [0.15, 0.2) is 12.1 Å². The first kappa shape index (κ1) is 18.4. The van der Waals surface area contributed by atoms with Crippen molar-refractivity contribution in [3.63, 3.8) is 0 Å². The number of carbonyl (C=O) groups excluding carboxylic acids is 1. The minimum absolute atomic E-state index is 0.0407. The molecular weight excluding hydrogens is 328 g/mol. The zero-order valence-corrected chi connectivity index (χ0v) is 15.1. The highest BCUT2D eigenvalue weighted by atomic mass is 35.5. The van der Waals surface area contributed by atoms with E-state index in [1.807, 2.05) is 13.8 Å². The number of ether oxygens (including phenoxy) is 2. The molecule has 6 heteroatoms. The molecule has 0 unspecified atom stereocenters. The van der Waals surface area contributed by atoms with Gasteiger partial charge in [-0.15, -0.1) is 0 Å². The average Bonchev–Trinajstić information content (AvgIpc) is 2.59. The Bertz CT molecular complexity index is 632. The molecule has 0 atom stereocenters. The summed E-state index contributed by atoms with van der Waals surface area (Å²) in [4.78, 5) is 14.4. The molecule has 24 heavy (non-hydrogen) atoms. The second-order valence-electron chi connectivity index (χ2n) is 6.39. The highest BCUT2D eigenvalue weighted by Gasteiger charge is 2.25. The molecule has 1 aromatic carbocycles. The minimum Gasteiger partial charge on any atom is -0.493 e. The molecule has 1 aromatic rings. The summed E-state index contributed by atoms with van der Waals surface area (Å²) in [5.41, 5.74) is 0.476. The monoisotopic (exact) mass is 350 g/mol. The van der Waals surface area contributed by atoms with Gasteiger partial charge in [-0.05, 0) is 30.9 Å². The first-order valence-electron chi connectivity index (χ1n) is 8.15. The number of likely N-dealkylation sites (tertiary alicyclic amines) is 1. The van der Waals surface area contributed by atoms with Gasteiger partial charge in [0.05, 0.1) is 24.8 Å². The van der Waals surface area contributed by atoms with Gasteiger partial charge in [-0.3, -0.25) is 4.79 Å². The van der Waals surface area contributed by atoms with Crippen molar-refractivity contribution in [1.29, 1.82) is 5.26 Å². The van der Waals surface area contributed by atoms with Gasteiger partial charge in [0.2, 0.25) is 0 Å². The number of carbonyl (C=O) groups is 1. The molecule has 0 aromatic heterocycles. The Kier molecular flexibility index (Phi) is 6.33. The Morgan fingerprint density at radius 2 is 2.08 bits per heavy atom. The van der Waals surface area contributed by atoms with Crippen LogP contribution < -0.4 is 9.47 Å². The van der Waals surface area contributed by atoms with Crippen LogP contribution in [-0.2, 0) is 0 Å². The van der Waals surface area contributed by atoms with E-state index in [0.717, 1.165) is 0 Å². The number of halogens is 1. The number of piperidine rings is 1. The van der Waals surface area contributed by atoms with E-state index in [4.69, 9.17) is 26.3 Å². The van der Waals surface area contributed by atoms with Gasteiger partial charge in [0.25, 0.3) is 5.91 Å². The van der Waals surface area contributed by atoms with Crippen LogP contribution in [0.4, 0.5) is 0 Å². The lowest BCUT2D eigenvalue weighted by atomic mass is 9.98. The lowest BCUT2D eigenvalue weighted by molar-refractivity contribution is 0.0707. The molecule has 2 rings (SSSR count). The number of hydrogen-bond donors (Lipinski definition) is 0. The number of nitrogens with zero attached hydrogens (tertiary/aromatic N) is 2. The number of hydrogen-bond acceptors (Lipinski definition) is 4. The van der Waals surface area contributed by atoms with Gasteiger partial charge < -0.3 is 14.4 Å². The van der Waals surface area contributed by atoms with Gasteiger partial charge in [-0.1, -0.05) is 25.4 Å². The molecule has 0 spiro atoms. The predicted octanol–water partition coefficient (Wildman–Crippen LogP) is 3.76. The number of nitriles is 1. The largest absolute Gasteiger partial charge is 0.493 e. The molecule has 1 saturated heterocycles. The zero-order chi connectivity index (χ0) is 17.7. The molecule has 1 fully saturated rings. The molecule has 5 nitrogen and oxygen atoms in total. The van der Waals surface area contributed by atoms with Crippen LogP contribution in [0.3, 0.4) is 0 Å². The van der Waals surface area contributed by atoms with Gasteiger partial charge in [0, 0.05) is 24.6 Å². The summed E-state index contributed by atoms with van der Waals surface area (Å²) in [5, 5.41) is 9.32. The minimum atomic E-state index is -0.0954. The number of methoxy groups -OCH3 is 1. The van der Waals surface area contributed by atoms with Crippen molar-refractivity contribution in [3.8, 4) is 17.6 Å². The third-order valence-electron chi connectivity index (χ3n) is 4.00. The smallest absolute Gasteiger partial charge is 0.254 e. The third kappa shape index (κ3) is 4.33. The molecule has 1 aliphatic heterocycles. The van der Waals surface area contributed by atoms with E-state index in [1.165, 1.54) is 7.11 Å². The van der Waals surface area contributed by atoms with Crippen LogP contribution in [0.5, 0.6) is 11.5 Å². The van der Waals surface area contributed by atoms with E-state index < -0.39 is 0 Å². The molecule has 1 aliphatic rings. The Labute approximate surface area is 148 Å². The van der Waals surface area contributed by atoms with Crippen molar-refractivity contribution in [2.24, 2.45) is 11.8 Å². The standard InChI is InChI=1S/C18H23ClN2O3/c1-12(2)11-24-17-15(19)8-14(9-16(17)23-3)18(22)21-6-4-13(10-20)5-7-21/h8-9,12-13H,4-7,11H2,1-3H3. The second-order valence-corrected chi connectivity index (χ2v) is 6.80. The average molecular weight is 351 g/mol. The maximum absolute atomic E-state index is 12.7. The van der Waals surface area contributed by atoms with Gasteiger partial charge in [-0.25, -0.2) is 0 Å². The first-order chi connectivity index (χ1) is 11.5. The van der Waals surface area contributed by atoms with E-state index in [0.29, 0.717) is 60.5 Å². The summed E-state index contributed by atoms with van der Waals surface area (Å²) in [6.45, 7) is 5.78. The highest BCUT2D eigenvalue weighted by Crippen LogP contribution is 2.37. The second kappa shape index (κ2) is 8.25. The van der Waals surface area contributed by atoms with Crippen molar-refractivity contribution in [2.75, 3.05) is 26.8 Å². The summed E-state index contributed by atoms with van der Waals surface area (Å²) in [7, 11) is 1.53. The summed E-state index contributed by atoms with van der Waals surface area (Å²) in [6.07, 6.45) is 1.42. The molecule has 130 valence electrons. The molecule has 0 N–H and O–H groups in total. The molecule has 0 radical (unpaired) electrons. The quantitative estimate of drug-likeness (QED) is 0.811. The Hall–Kier alpha value is -1.93. The lowest BCUT2D eigenvalue weighted by Gasteiger charge is -2.29. The molecule has 0 saturated carbocycles.